The molecule has 0 heterocycles. The summed E-state index contributed by atoms with van der Waals surface area (Å²) in [7, 11) is 0. The molecular formula is C14H19NO2. The van der Waals surface area contributed by atoms with Crippen molar-refractivity contribution in [2.45, 2.75) is 27.3 Å². The summed E-state index contributed by atoms with van der Waals surface area (Å²) in [5, 5.41) is 0. The number of amides is 1. The van der Waals surface area contributed by atoms with Crippen LogP contribution in [0.5, 0.6) is 0 Å². The highest BCUT2D eigenvalue weighted by atomic mass is 16.2. The fourth-order valence-corrected chi connectivity index (χ4v) is 1.61. The molecule has 3 heteroatoms. The minimum absolute atomic E-state index is 0.0104. The molecule has 0 radical (unpaired) electrons. The van der Waals surface area contributed by atoms with Gasteiger partial charge in [0.05, 0.1) is 0 Å². The van der Waals surface area contributed by atoms with Crippen LogP contribution in [0.2, 0.25) is 0 Å². The summed E-state index contributed by atoms with van der Waals surface area (Å²) in [5.41, 5.74) is 0.574. The summed E-state index contributed by atoms with van der Waals surface area (Å²) in [6.45, 7) is 6.19. The molecule has 0 unspecified atom stereocenters. The van der Waals surface area contributed by atoms with E-state index in [1.807, 2.05) is 44.2 Å². The molecule has 0 spiro atoms. The molecule has 3 nitrogen and oxygen atoms in total. The van der Waals surface area contributed by atoms with E-state index in [9.17, 15) is 9.59 Å². The van der Waals surface area contributed by atoms with Gasteiger partial charge in [-0.2, -0.15) is 0 Å². The maximum atomic E-state index is 11.6. The van der Waals surface area contributed by atoms with Crippen molar-refractivity contribution < 1.29 is 9.59 Å². The summed E-state index contributed by atoms with van der Waals surface area (Å²) in [5.74, 6) is -0.0104. The van der Waals surface area contributed by atoms with Gasteiger partial charge in [0.25, 0.3) is 0 Å². The fourth-order valence-electron chi connectivity index (χ4n) is 1.61. The van der Waals surface area contributed by atoms with E-state index >= 15 is 0 Å². The van der Waals surface area contributed by atoms with Crippen molar-refractivity contribution in [2.24, 2.45) is 5.41 Å². The van der Waals surface area contributed by atoms with Crippen molar-refractivity contribution in [3.63, 3.8) is 0 Å². The minimum Gasteiger partial charge on any atom is -0.338 e. The van der Waals surface area contributed by atoms with Gasteiger partial charge in [-0.15, -0.1) is 0 Å². The number of hydrogen-bond acceptors (Lipinski definition) is 2. The molecule has 1 aromatic rings. The largest absolute Gasteiger partial charge is 0.338 e. The highest BCUT2D eigenvalue weighted by Gasteiger charge is 2.22. The Morgan fingerprint density at radius 2 is 1.88 bits per heavy atom. The molecule has 1 amide bonds. The van der Waals surface area contributed by atoms with E-state index in [4.69, 9.17) is 0 Å². The predicted octanol–water partition coefficient (Wildman–Crippen LogP) is 2.26. The van der Waals surface area contributed by atoms with E-state index < -0.39 is 5.41 Å². The Hall–Kier alpha value is -1.64. The zero-order chi connectivity index (χ0) is 12.9. The molecule has 0 N–H and O–H groups in total. The lowest BCUT2D eigenvalue weighted by molar-refractivity contribution is -0.131. The average molecular weight is 233 g/mol. The third-order valence-corrected chi connectivity index (χ3v) is 2.58. The van der Waals surface area contributed by atoms with Crippen molar-refractivity contribution in [2.75, 3.05) is 6.54 Å². The molecular weight excluding hydrogens is 214 g/mol. The molecule has 1 rings (SSSR count). The Kier molecular flexibility index (Phi) is 4.44. The van der Waals surface area contributed by atoms with E-state index in [0.717, 1.165) is 11.8 Å². The summed E-state index contributed by atoms with van der Waals surface area (Å²) < 4.78 is 0. The first-order chi connectivity index (χ1) is 7.94. The smallest absolute Gasteiger partial charge is 0.219 e. The number of aldehydes is 1. The van der Waals surface area contributed by atoms with E-state index in [1.54, 1.807) is 4.90 Å². The van der Waals surface area contributed by atoms with Gasteiger partial charge < -0.3 is 9.69 Å². The minimum atomic E-state index is -0.500. The Bertz CT molecular complexity index is 384. The quantitative estimate of drug-likeness (QED) is 0.731. The first-order valence-electron chi connectivity index (χ1n) is 5.70. The van der Waals surface area contributed by atoms with Crippen LogP contribution < -0.4 is 0 Å². The van der Waals surface area contributed by atoms with Gasteiger partial charge in [0.2, 0.25) is 5.91 Å². The van der Waals surface area contributed by atoms with Gasteiger partial charge in [-0.1, -0.05) is 44.2 Å². The lowest BCUT2D eigenvalue weighted by Crippen LogP contribution is -2.37. The van der Waals surface area contributed by atoms with Crippen LogP contribution >= 0.6 is 0 Å². The first-order valence-corrected chi connectivity index (χ1v) is 5.70. The van der Waals surface area contributed by atoms with Crippen molar-refractivity contribution in [1.29, 1.82) is 0 Å². The van der Waals surface area contributed by atoms with Crippen LogP contribution in [0, 0.1) is 5.41 Å². The molecule has 0 saturated heterocycles. The second-order valence-corrected chi connectivity index (χ2v) is 4.97. The highest BCUT2D eigenvalue weighted by Crippen LogP contribution is 2.15. The SMILES string of the molecule is CC(=O)N(Cc1ccccc1)CC(C)(C)C=O. The van der Waals surface area contributed by atoms with Crippen molar-refractivity contribution in [1.82, 2.24) is 4.90 Å². The topological polar surface area (TPSA) is 37.4 Å². The van der Waals surface area contributed by atoms with Gasteiger partial charge in [0.15, 0.2) is 0 Å². The molecule has 1 aromatic carbocycles. The Balaban J connectivity index is 2.74. The highest BCUT2D eigenvalue weighted by molar-refractivity contribution is 5.74. The number of hydrogen-bond donors (Lipinski definition) is 0. The molecule has 0 saturated carbocycles. The first kappa shape index (κ1) is 13.4. The maximum Gasteiger partial charge on any atom is 0.219 e. The van der Waals surface area contributed by atoms with Crippen LogP contribution in [0.1, 0.15) is 26.3 Å². The molecule has 0 bridgehead atoms. The van der Waals surface area contributed by atoms with Crippen LogP contribution in [-0.2, 0) is 16.1 Å². The molecule has 92 valence electrons. The third-order valence-electron chi connectivity index (χ3n) is 2.58. The van der Waals surface area contributed by atoms with Crippen molar-refractivity contribution in [3.8, 4) is 0 Å². The normalized spacial score (nSPS) is 11.0. The second-order valence-electron chi connectivity index (χ2n) is 4.97. The maximum absolute atomic E-state index is 11.6. The van der Waals surface area contributed by atoms with Gasteiger partial charge in [-0.05, 0) is 5.56 Å². The third kappa shape index (κ3) is 4.39. The van der Waals surface area contributed by atoms with E-state index in [-0.39, 0.29) is 5.91 Å². The lowest BCUT2D eigenvalue weighted by atomic mass is 9.95. The van der Waals surface area contributed by atoms with E-state index in [0.29, 0.717) is 13.1 Å². The molecule has 0 atom stereocenters. The zero-order valence-electron chi connectivity index (χ0n) is 10.6. The molecule has 17 heavy (non-hydrogen) atoms. The molecule has 0 aliphatic carbocycles. The predicted molar refractivity (Wildman–Crippen MR) is 67.4 cm³/mol. The van der Waals surface area contributed by atoms with Crippen LogP contribution in [0.15, 0.2) is 30.3 Å². The molecule has 0 aliphatic rings. The van der Waals surface area contributed by atoms with E-state index in [1.165, 1.54) is 6.92 Å². The second kappa shape index (κ2) is 5.62. The standard InChI is InChI=1S/C14H19NO2/c1-12(17)15(10-14(2,3)11-16)9-13-7-5-4-6-8-13/h4-8,11H,9-10H2,1-3H3. The molecule has 0 fully saturated rings. The van der Waals surface area contributed by atoms with Crippen LogP contribution in [-0.4, -0.2) is 23.6 Å². The van der Waals surface area contributed by atoms with Gasteiger partial charge in [-0.3, -0.25) is 4.79 Å². The number of nitrogens with zero attached hydrogens (tertiary/aromatic N) is 1. The molecule has 0 aromatic heterocycles. The lowest BCUT2D eigenvalue weighted by Gasteiger charge is -2.28. The Morgan fingerprint density at radius 3 is 2.35 bits per heavy atom. The zero-order valence-corrected chi connectivity index (χ0v) is 10.6. The van der Waals surface area contributed by atoms with Gasteiger partial charge in [-0.25, -0.2) is 0 Å². The number of carbonyl (C=O) groups excluding carboxylic acids is 2. The summed E-state index contributed by atoms with van der Waals surface area (Å²) >= 11 is 0. The van der Waals surface area contributed by atoms with Gasteiger partial charge in [0, 0.05) is 25.4 Å². The summed E-state index contributed by atoms with van der Waals surface area (Å²) in [6, 6.07) is 9.78. The van der Waals surface area contributed by atoms with Gasteiger partial charge in [0.1, 0.15) is 6.29 Å². The van der Waals surface area contributed by atoms with Crippen LogP contribution in [0.25, 0.3) is 0 Å². The Morgan fingerprint density at radius 1 is 1.29 bits per heavy atom. The van der Waals surface area contributed by atoms with Crippen LogP contribution in [0.4, 0.5) is 0 Å². The number of carbonyl (C=O) groups is 2. The van der Waals surface area contributed by atoms with Crippen molar-refractivity contribution >= 4 is 12.2 Å². The average Bonchev–Trinajstić information content (AvgIpc) is 2.29. The van der Waals surface area contributed by atoms with Gasteiger partial charge >= 0.3 is 0 Å². The number of benzene rings is 1. The summed E-state index contributed by atoms with van der Waals surface area (Å²) in [4.78, 5) is 24.1. The number of rotatable bonds is 5. The van der Waals surface area contributed by atoms with Crippen molar-refractivity contribution in [3.05, 3.63) is 35.9 Å². The fraction of sp³-hybridized carbons (Fsp3) is 0.429. The Labute approximate surface area is 102 Å². The van der Waals surface area contributed by atoms with E-state index in [2.05, 4.69) is 0 Å². The monoisotopic (exact) mass is 233 g/mol. The molecule has 0 aliphatic heterocycles. The summed E-state index contributed by atoms with van der Waals surface area (Å²) in [6.07, 6.45) is 0.897. The van der Waals surface area contributed by atoms with Crippen LogP contribution in [0.3, 0.4) is 0 Å².